The quantitative estimate of drug-likeness (QED) is 0.626. The number of rotatable bonds is 6. The Morgan fingerprint density at radius 1 is 1.13 bits per heavy atom. The second-order valence-electron chi connectivity index (χ2n) is 7.97. The average molecular weight is 417 g/mol. The molecule has 7 heteroatoms. The standard InChI is InChI=1S/C24H28N6O/c1-28-10-12-30(13-11-28)17-19-4-3-5-22(14-19)27-24(31)7-6-20-15-25-9-8-23(20)21-16-26-29(2)18-21/h3-9,14-16,18H,10-13,17H2,1-2H3,(H,27,31). The molecule has 1 saturated heterocycles. The zero-order chi connectivity index (χ0) is 21.6. The number of anilines is 1. The van der Waals surface area contributed by atoms with Gasteiger partial charge in [-0.3, -0.25) is 19.4 Å². The minimum Gasteiger partial charge on any atom is -0.323 e. The van der Waals surface area contributed by atoms with Crippen LogP contribution >= 0.6 is 0 Å². The summed E-state index contributed by atoms with van der Waals surface area (Å²) in [5.74, 6) is -0.169. The summed E-state index contributed by atoms with van der Waals surface area (Å²) in [5, 5.41) is 7.20. The lowest BCUT2D eigenvalue weighted by atomic mass is 10.0. The van der Waals surface area contributed by atoms with Crippen molar-refractivity contribution in [1.82, 2.24) is 24.6 Å². The van der Waals surface area contributed by atoms with Crippen molar-refractivity contribution in [3.8, 4) is 11.1 Å². The second-order valence-corrected chi connectivity index (χ2v) is 7.97. The molecular weight excluding hydrogens is 388 g/mol. The highest BCUT2D eigenvalue weighted by atomic mass is 16.1. The summed E-state index contributed by atoms with van der Waals surface area (Å²) in [7, 11) is 4.04. The van der Waals surface area contributed by atoms with Crippen molar-refractivity contribution in [2.24, 2.45) is 7.05 Å². The van der Waals surface area contributed by atoms with Crippen molar-refractivity contribution in [3.05, 3.63) is 72.3 Å². The Labute approximate surface area is 183 Å². The van der Waals surface area contributed by atoms with Crippen molar-refractivity contribution in [2.75, 3.05) is 38.5 Å². The van der Waals surface area contributed by atoms with Gasteiger partial charge in [0.05, 0.1) is 6.20 Å². The van der Waals surface area contributed by atoms with Crippen molar-refractivity contribution in [3.63, 3.8) is 0 Å². The number of amides is 1. The third-order valence-corrected chi connectivity index (χ3v) is 5.48. The highest BCUT2D eigenvalue weighted by Gasteiger charge is 2.14. The molecule has 3 heterocycles. The van der Waals surface area contributed by atoms with E-state index in [9.17, 15) is 4.79 Å². The van der Waals surface area contributed by atoms with E-state index in [0.29, 0.717) is 0 Å². The Morgan fingerprint density at radius 3 is 2.74 bits per heavy atom. The van der Waals surface area contributed by atoms with E-state index in [1.54, 1.807) is 35.4 Å². The molecule has 1 aliphatic heterocycles. The van der Waals surface area contributed by atoms with Gasteiger partial charge < -0.3 is 10.2 Å². The molecule has 4 rings (SSSR count). The van der Waals surface area contributed by atoms with Gasteiger partial charge in [0.2, 0.25) is 5.91 Å². The van der Waals surface area contributed by atoms with Gasteiger partial charge in [-0.15, -0.1) is 0 Å². The van der Waals surface area contributed by atoms with Crippen LogP contribution < -0.4 is 5.32 Å². The summed E-state index contributed by atoms with van der Waals surface area (Å²) in [6, 6.07) is 10.0. The maximum atomic E-state index is 12.5. The Bertz CT molecular complexity index is 1070. The molecule has 0 atom stereocenters. The summed E-state index contributed by atoms with van der Waals surface area (Å²) in [4.78, 5) is 21.5. The molecular formula is C24H28N6O. The lowest BCUT2D eigenvalue weighted by molar-refractivity contribution is -0.111. The molecule has 31 heavy (non-hydrogen) atoms. The summed E-state index contributed by atoms with van der Waals surface area (Å²) >= 11 is 0. The number of aromatic nitrogens is 3. The normalized spacial score (nSPS) is 15.4. The van der Waals surface area contributed by atoms with Gasteiger partial charge in [-0.2, -0.15) is 5.10 Å². The number of carbonyl (C=O) groups excluding carboxylic acids is 1. The fourth-order valence-electron chi connectivity index (χ4n) is 3.72. The van der Waals surface area contributed by atoms with E-state index in [-0.39, 0.29) is 5.91 Å². The van der Waals surface area contributed by atoms with Crippen LogP contribution in [0.5, 0.6) is 0 Å². The number of aryl methyl sites for hydroxylation is 1. The van der Waals surface area contributed by atoms with E-state index in [2.05, 4.69) is 44.4 Å². The van der Waals surface area contributed by atoms with Crippen molar-refractivity contribution in [1.29, 1.82) is 0 Å². The number of carbonyl (C=O) groups is 1. The summed E-state index contributed by atoms with van der Waals surface area (Å²) < 4.78 is 1.76. The Kier molecular flexibility index (Phi) is 6.54. The van der Waals surface area contributed by atoms with E-state index >= 15 is 0 Å². The van der Waals surface area contributed by atoms with Gasteiger partial charge in [-0.05, 0) is 42.4 Å². The first-order chi connectivity index (χ1) is 15.1. The largest absolute Gasteiger partial charge is 0.323 e. The van der Waals surface area contributed by atoms with Crippen molar-refractivity contribution in [2.45, 2.75) is 6.54 Å². The number of likely N-dealkylation sites (N-methyl/N-ethyl adjacent to an activating group) is 1. The minimum atomic E-state index is -0.169. The Morgan fingerprint density at radius 2 is 1.97 bits per heavy atom. The Hall–Kier alpha value is -3.29. The molecule has 0 unspecified atom stereocenters. The molecule has 160 valence electrons. The van der Waals surface area contributed by atoms with E-state index in [0.717, 1.165) is 55.1 Å². The third kappa shape index (κ3) is 5.65. The van der Waals surface area contributed by atoms with Gasteiger partial charge >= 0.3 is 0 Å². The molecule has 0 bridgehead atoms. The molecule has 0 aliphatic carbocycles. The van der Waals surface area contributed by atoms with Crippen LogP contribution in [-0.2, 0) is 18.4 Å². The number of nitrogens with zero attached hydrogens (tertiary/aromatic N) is 5. The lowest BCUT2D eigenvalue weighted by Crippen LogP contribution is -2.43. The van der Waals surface area contributed by atoms with Crippen molar-refractivity contribution >= 4 is 17.7 Å². The number of nitrogens with one attached hydrogen (secondary N) is 1. The zero-order valence-corrected chi connectivity index (χ0v) is 18.0. The number of pyridine rings is 1. The van der Waals surface area contributed by atoms with E-state index in [4.69, 9.17) is 0 Å². The van der Waals surface area contributed by atoms with Crippen LogP contribution in [0, 0.1) is 0 Å². The molecule has 1 aromatic carbocycles. The number of piperazine rings is 1. The Balaban J connectivity index is 1.40. The van der Waals surface area contributed by atoms with Crippen LogP contribution in [0.2, 0.25) is 0 Å². The first-order valence-corrected chi connectivity index (χ1v) is 10.5. The summed E-state index contributed by atoms with van der Waals surface area (Å²) in [6.07, 6.45) is 10.6. The minimum absolute atomic E-state index is 0.169. The maximum Gasteiger partial charge on any atom is 0.248 e. The van der Waals surface area contributed by atoms with Gasteiger partial charge in [-0.25, -0.2) is 0 Å². The molecule has 0 spiro atoms. The van der Waals surface area contributed by atoms with Gasteiger partial charge in [0.15, 0.2) is 0 Å². The molecule has 2 aromatic heterocycles. The lowest BCUT2D eigenvalue weighted by Gasteiger charge is -2.32. The number of hydrogen-bond acceptors (Lipinski definition) is 5. The SMILES string of the molecule is CN1CCN(Cc2cccc(NC(=O)C=Cc3cnccc3-c3cnn(C)c3)c2)CC1. The van der Waals surface area contributed by atoms with Crippen LogP contribution in [0.25, 0.3) is 17.2 Å². The molecule has 0 saturated carbocycles. The molecule has 1 fully saturated rings. The van der Waals surface area contributed by atoms with Crippen LogP contribution in [0.3, 0.4) is 0 Å². The molecule has 7 nitrogen and oxygen atoms in total. The molecule has 1 N–H and O–H groups in total. The fraction of sp³-hybridized carbons (Fsp3) is 0.292. The molecule has 3 aromatic rings. The molecule has 1 aliphatic rings. The highest BCUT2D eigenvalue weighted by molar-refractivity contribution is 6.02. The van der Waals surface area contributed by atoms with Crippen LogP contribution in [-0.4, -0.2) is 63.7 Å². The summed E-state index contributed by atoms with van der Waals surface area (Å²) in [5.41, 5.74) is 4.86. The van der Waals surface area contributed by atoms with E-state index in [1.807, 2.05) is 31.4 Å². The summed E-state index contributed by atoms with van der Waals surface area (Å²) in [6.45, 7) is 5.23. The topological polar surface area (TPSA) is 66.3 Å². The molecule has 1 amide bonds. The molecule has 0 radical (unpaired) electrons. The fourth-order valence-corrected chi connectivity index (χ4v) is 3.72. The van der Waals surface area contributed by atoms with Gasteiger partial charge in [0.1, 0.15) is 0 Å². The monoisotopic (exact) mass is 416 g/mol. The third-order valence-electron chi connectivity index (χ3n) is 5.48. The average Bonchev–Trinajstić information content (AvgIpc) is 3.20. The predicted octanol–water partition coefficient (Wildman–Crippen LogP) is 2.88. The maximum absolute atomic E-state index is 12.5. The van der Waals surface area contributed by atoms with Crippen LogP contribution in [0.4, 0.5) is 5.69 Å². The van der Waals surface area contributed by atoms with E-state index < -0.39 is 0 Å². The smallest absolute Gasteiger partial charge is 0.248 e. The highest BCUT2D eigenvalue weighted by Crippen LogP contribution is 2.23. The van der Waals surface area contributed by atoms with E-state index in [1.165, 1.54) is 5.56 Å². The van der Waals surface area contributed by atoms with Gasteiger partial charge in [0, 0.05) is 81.3 Å². The van der Waals surface area contributed by atoms with Crippen LogP contribution in [0.15, 0.2) is 61.2 Å². The number of hydrogen-bond donors (Lipinski definition) is 1. The second kappa shape index (κ2) is 9.68. The van der Waals surface area contributed by atoms with Crippen molar-refractivity contribution < 1.29 is 4.79 Å². The van der Waals surface area contributed by atoms with Gasteiger partial charge in [-0.1, -0.05) is 12.1 Å². The van der Waals surface area contributed by atoms with Crippen LogP contribution in [0.1, 0.15) is 11.1 Å². The zero-order valence-electron chi connectivity index (χ0n) is 18.0. The first kappa shape index (κ1) is 21.0. The van der Waals surface area contributed by atoms with Gasteiger partial charge in [0.25, 0.3) is 0 Å². The predicted molar refractivity (Wildman–Crippen MR) is 123 cm³/mol. The first-order valence-electron chi connectivity index (χ1n) is 10.5. The number of benzene rings is 1.